The van der Waals surface area contributed by atoms with Crippen molar-refractivity contribution in [1.29, 1.82) is 0 Å². The van der Waals surface area contributed by atoms with Crippen molar-refractivity contribution in [2.24, 2.45) is 5.92 Å². The lowest BCUT2D eigenvalue weighted by atomic mass is 9.85. The molecule has 1 N–H and O–H groups in total. The third kappa shape index (κ3) is 2.46. The molecule has 2 atom stereocenters. The number of ether oxygens (including phenoxy) is 1. The lowest BCUT2D eigenvalue weighted by Crippen LogP contribution is -2.51. The van der Waals surface area contributed by atoms with Crippen LogP contribution in [-0.4, -0.2) is 25.8 Å². The van der Waals surface area contributed by atoms with Gasteiger partial charge >= 0.3 is 0 Å². The molecule has 1 fully saturated rings. The smallest absolute Gasteiger partial charge is 0.0641 e. The van der Waals surface area contributed by atoms with E-state index in [0.29, 0.717) is 0 Å². The van der Waals surface area contributed by atoms with Crippen LogP contribution in [0.4, 0.5) is 0 Å². The Kier molecular flexibility index (Phi) is 2.90. The van der Waals surface area contributed by atoms with Gasteiger partial charge in [0.25, 0.3) is 0 Å². The molecule has 11 heavy (non-hydrogen) atoms. The molecule has 1 saturated heterocycles. The molecule has 0 spiro atoms. The molecule has 2 heteroatoms. The second kappa shape index (κ2) is 3.55. The van der Waals surface area contributed by atoms with Crippen LogP contribution >= 0.6 is 0 Å². The van der Waals surface area contributed by atoms with Crippen molar-refractivity contribution in [3.63, 3.8) is 0 Å². The zero-order chi connectivity index (χ0) is 8.32. The van der Waals surface area contributed by atoms with Crippen LogP contribution < -0.4 is 5.32 Å². The summed E-state index contributed by atoms with van der Waals surface area (Å²) in [6, 6.07) is 0. The van der Waals surface area contributed by atoms with E-state index < -0.39 is 0 Å². The van der Waals surface area contributed by atoms with Crippen molar-refractivity contribution in [3.05, 3.63) is 0 Å². The molecule has 1 aliphatic heterocycles. The molecule has 0 amide bonds. The minimum atomic E-state index is 0.229. The lowest BCUT2D eigenvalue weighted by molar-refractivity contribution is 0.0863. The first-order valence-electron chi connectivity index (χ1n) is 4.40. The minimum absolute atomic E-state index is 0.229. The van der Waals surface area contributed by atoms with Gasteiger partial charge in [-0.15, -0.1) is 0 Å². The first-order chi connectivity index (χ1) is 5.16. The van der Waals surface area contributed by atoms with E-state index in [2.05, 4.69) is 19.2 Å². The SMILES string of the molecule is COCC1(C)CC(C)CCN1. The van der Waals surface area contributed by atoms with Gasteiger partial charge in [-0.1, -0.05) is 6.92 Å². The standard InChI is InChI=1S/C9H19NO/c1-8-4-5-10-9(2,6-8)7-11-3/h8,10H,4-7H2,1-3H3. The van der Waals surface area contributed by atoms with Gasteiger partial charge in [0.1, 0.15) is 0 Å². The summed E-state index contributed by atoms with van der Waals surface area (Å²) in [5.41, 5.74) is 0.229. The normalized spacial score (nSPS) is 39.0. The third-order valence-electron chi connectivity index (χ3n) is 2.45. The monoisotopic (exact) mass is 157 g/mol. The van der Waals surface area contributed by atoms with Crippen LogP contribution in [0.3, 0.4) is 0 Å². The number of hydrogen-bond donors (Lipinski definition) is 1. The van der Waals surface area contributed by atoms with E-state index in [0.717, 1.165) is 19.1 Å². The second-order valence-electron chi connectivity index (χ2n) is 4.02. The van der Waals surface area contributed by atoms with Crippen molar-refractivity contribution in [3.8, 4) is 0 Å². The van der Waals surface area contributed by atoms with Crippen molar-refractivity contribution >= 4 is 0 Å². The van der Waals surface area contributed by atoms with E-state index in [1.807, 2.05) is 0 Å². The Labute approximate surface area is 69.3 Å². The summed E-state index contributed by atoms with van der Waals surface area (Å²) in [6.45, 7) is 6.53. The molecule has 0 radical (unpaired) electrons. The predicted molar refractivity (Wildman–Crippen MR) is 46.7 cm³/mol. The molecule has 66 valence electrons. The molecule has 0 aromatic heterocycles. The van der Waals surface area contributed by atoms with Crippen LogP contribution in [0, 0.1) is 5.92 Å². The van der Waals surface area contributed by atoms with Gasteiger partial charge < -0.3 is 10.1 Å². The molecule has 1 rings (SSSR count). The summed E-state index contributed by atoms with van der Waals surface area (Å²) >= 11 is 0. The van der Waals surface area contributed by atoms with Gasteiger partial charge in [-0.05, 0) is 32.2 Å². The maximum Gasteiger partial charge on any atom is 0.0641 e. The summed E-state index contributed by atoms with van der Waals surface area (Å²) in [5, 5.41) is 3.50. The molecule has 1 heterocycles. The fourth-order valence-electron chi connectivity index (χ4n) is 1.99. The quantitative estimate of drug-likeness (QED) is 0.654. The van der Waals surface area contributed by atoms with Crippen molar-refractivity contribution < 1.29 is 4.74 Å². The van der Waals surface area contributed by atoms with Crippen molar-refractivity contribution in [2.75, 3.05) is 20.3 Å². The molecule has 2 unspecified atom stereocenters. The van der Waals surface area contributed by atoms with E-state index in [1.54, 1.807) is 7.11 Å². The average molecular weight is 157 g/mol. The molecule has 0 aromatic carbocycles. The Bertz CT molecular complexity index is 123. The predicted octanol–water partition coefficient (Wildman–Crippen LogP) is 1.41. The molecule has 2 nitrogen and oxygen atoms in total. The van der Waals surface area contributed by atoms with Gasteiger partial charge in [-0.3, -0.25) is 0 Å². The highest BCUT2D eigenvalue weighted by Gasteiger charge is 2.29. The minimum Gasteiger partial charge on any atom is -0.383 e. The summed E-state index contributed by atoms with van der Waals surface area (Å²) in [6.07, 6.45) is 2.54. The van der Waals surface area contributed by atoms with E-state index in [9.17, 15) is 0 Å². The fourth-order valence-corrected chi connectivity index (χ4v) is 1.99. The van der Waals surface area contributed by atoms with Gasteiger partial charge in [0.05, 0.1) is 6.61 Å². The third-order valence-corrected chi connectivity index (χ3v) is 2.45. The van der Waals surface area contributed by atoms with Crippen molar-refractivity contribution in [2.45, 2.75) is 32.2 Å². The first kappa shape index (κ1) is 9.01. The summed E-state index contributed by atoms with van der Waals surface area (Å²) in [5.74, 6) is 0.844. The Balaban J connectivity index is 2.41. The Morgan fingerprint density at radius 3 is 2.91 bits per heavy atom. The highest BCUT2D eigenvalue weighted by molar-refractivity contribution is 4.88. The van der Waals surface area contributed by atoms with Gasteiger partial charge in [0.15, 0.2) is 0 Å². The van der Waals surface area contributed by atoms with E-state index in [4.69, 9.17) is 4.74 Å². The molecular formula is C9H19NO. The van der Waals surface area contributed by atoms with E-state index in [-0.39, 0.29) is 5.54 Å². The molecule has 0 saturated carbocycles. The molecule has 1 aliphatic rings. The number of hydrogen-bond acceptors (Lipinski definition) is 2. The largest absolute Gasteiger partial charge is 0.383 e. The topological polar surface area (TPSA) is 21.3 Å². The number of rotatable bonds is 2. The lowest BCUT2D eigenvalue weighted by Gasteiger charge is -2.37. The zero-order valence-corrected chi connectivity index (χ0v) is 7.81. The maximum atomic E-state index is 5.17. The van der Waals surface area contributed by atoms with Gasteiger partial charge in [-0.2, -0.15) is 0 Å². The zero-order valence-electron chi connectivity index (χ0n) is 7.81. The Hall–Kier alpha value is -0.0800. The van der Waals surface area contributed by atoms with Gasteiger partial charge in [0, 0.05) is 12.6 Å². The Morgan fingerprint density at radius 2 is 2.36 bits per heavy atom. The number of nitrogens with one attached hydrogen (secondary N) is 1. The molecular weight excluding hydrogens is 138 g/mol. The van der Waals surface area contributed by atoms with Crippen LogP contribution in [0.25, 0.3) is 0 Å². The maximum absolute atomic E-state index is 5.17. The molecule has 0 aromatic rings. The second-order valence-corrected chi connectivity index (χ2v) is 4.02. The Morgan fingerprint density at radius 1 is 1.64 bits per heavy atom. The number of piperidine rings is 1. The molecule has 0 aliphatic carbocycles. The van der Waals surface area contributed by atoms with Crippen LogP contribution in [0.2, 0.25) is 0 Å². The van der Waals surface area contributed by atoms with E-state index in [1.165, 1.54) is 12.8 Å². The van der Waals surface area contributed by atoms with Crippen LogP contribution in [-0.2, 0) is 4.74 Å². The van der Waals surface area contributed by atoms with Gasteiger partial charge in [-0.25, -0.2) is 0 Å². The number of methoxy groups -OCH3 is 1. The summed E-state index contributed by atoms with van der Waals surface area (Å²) in [4.78, 5) is 0. The highest BCUT2D eigenvalue weighted by atomic mass is 16.5. The van der Waals surface area contributed by atoms with Crippen LogP contribution in [0.5, 0.6) is 0 Å². The molecule has 0 bridgehead atoms. The highest BCUT2D eigenvalue weighted by Crippen LogP contribution is 2.23. The first-order valence-corrected chi connectivity index (χ1v) is 4.40. The van der Waals surface area contributed by atoms with E-state index >= 15 is 0 Å². The van der Waals surface area contributed by atoms with Crippen LogP contribution in [0.15, 0.2) is 0 Å². The summed E-state index contributed by atoms with van der Waals surface area (Å²) in [7, 11) is 1.77. The summed E-state index contributed by atoms with van der Waals surface area (Å²) < 4.78 is 5.17. The fraction of sp³-hybridized carbons (Fsp3) is 1.00. The average Bonchev–Trinajstić information content (AvgIpc) is 1.86. The van der Waals surface area contributed by atoms with Crippen LogP contribution in [0.1, 0.15) is 26.7 Å². The van der Waals surface area contributed by atoms with Gasteiger partial charge in [0.2, 0.25) is 0 Å². The van der Waals surface area contributed by atoms with Crippen molar-refractivity contribution in [1.82, 2.24) is 5.32 Å².